The molecule has 136 valence electrons. The largest absolute Gasteiger partial charge is 0.405 e. The molecule has 4 aromatic rings. The predicted octanol–water partition coefficient (Wildman–Crippen LogP) is 4.95. The van der Waals surface area contributed by atoms with Crippen LogP contribution in [0.4, 0.5) is 11.7 Å². The zero-order valence-electron chi connectivity index (χ0n) is 18.8. The van der Waals surface area contributed by atoms with E-state index in [0.717, 1.165) is 22.3 Å². The van der Waals surface area contributed by atoms with Crippen LogP contribution < -0.4 is 9.38 Å². The zero-order valence-corrected chi connectivity index (χ0v) is 15.8. The Labute approximate surface area is 169 Å². The molecule has 5 rings (SSSR count). The van der Waals surface area contributed by atoms with Gasteiger partial charge in [-0.05, 0) is 42.5 Å². The van der Waals surface area contributed by atoms with Crippen LogP contribution in [-0.2, 0) is 7.05 Å². The number of furan rings is 1. The Morgan fingerprint density at radius 1 is 1.18 bits per heavy atom. The second-order valence-electron chi connectivity index (χ2n) is 7.08. The Balaban J connectivity index is 1.75. The number of aryl methyl sites for hydroxylation is 2. The van der Waals surface area contributed by atoms with Gasteiger partial charge in [0.25, 0.3) is 11.7 Å². The topological polar surface area (TPSA) is 33.2 Å². The van der Waals surface area contributed by atoms with Gasteiger partial charge in [0.2, 0.25) is 5.71 Å². The maximum atomic E-state index is 8.07. The summed E-state index contributed by atoms with van der Waals surface area (Å²) in [4.78, 5) is 6.45. The minimum absolute atomic E-state index is 0.0153. The van der Waals surface area contributed by atoms with Gasteiger partial charge in [-0.2, -0.15) is 0 Å². The maximum absolute atomic E-state index is 8.07. The average Bonchev–Trinajstić information content (AvgIpc) is 3.12. The van der Waals surface area contributed by atoms with Crippen LogP contribution in [0.2, 0.25) is 6.82 Å². The predicted molar refractivity (Wildman–Crippen MR) is 115 cm³/mol. The van der Waals surface area contributed by atoms with Gasteiger partial charge in [0.1, 0.15) is 0 Å². The molecule has 0 saturated carbocycles. The number of nitrogens with zero attached hydrogens (tertiary/aromatic N) is 3. The lowest BCUT2D eigenvalue weighted by atomic mass is 9.61. The molecule has 28 heavy (non-hydrogen) atoms. The number of aromatic nitrogens is 2. The van der Waals surface area contributed by atoms with Crippen molar-refractivity contribution in [3.8, 4) is 11.1 Å². The van der Waals surface area contributed by atoms with Crippen molar-refractivity contribution in [3.63, 3.8) is 0 Å². The fourth-order valence-corrected chi connectivity index (χ4v) is 3.83. The number of hydrogen-bond donors (Lipinski definition) is 0. The van der Waals surface area contributed by atoms with Gasteiger partial charge in [-0.3, -0.25) is 4.81 Å². The summed E-state index contributed by atoms with van der Waals surface area (Å²) < 4.78 is 32.2. The molecule has 1 aliphatic rings. The summed E-state index contributed by atoms with van der Waals surface area (Å²) in [5.41, 5.74) is 3.42. The molecule has 0 atom stereocenters. The summed E-state index contributed by atoms with van der Waals surface area (Å²) in [6.45, 7) is -0.134. The lowest BCUT2D eigenvalue weighted by Crippen LogP contribution is -2.43. The van der Waals surface area contributed by atoms with E-state index in [1.165, 1.54) is 0 Å². The van der Waals surface area contributed by atoms with Crippen LogP contribution >= 0.6 is 0 Å². The zero-order chi connectivity index (χ0) is 21.8. The normalized spacial score (nSPS) is 15.3. The molecule has 0 amide bonds. The van der Waals surface area contributed by atoms with Gasteiger partial charge in [0.05, 0.1) is 24.2 Å². The van der Waals surface area contributed by atoms with E-state index in [0.29, 0.717) is 22.7 Å². The maximum Gasteiger partial charge on any atom is 0.405 e. The third-order valence-corrected chi connectivity index (χ3v) is 5.23. The Morgan fingerprint density at radius 2 is 2.04 bits per heavy atom. The molecule has 3 aromatic heterocycles. The Hall–Kier alpha value is -3.34. The van der Waals surface area contributed by atoms with E-state index < -0.39 is 6.85 Å². The second-order valence-corrected chi connectivity index (χ2v) is 7.08. The molecule has 0 N–H and O–H groups in total. The van der Waals surface area contributed by atoms with E-state index in [-0.39, 0.29) is 6.85 Å². The van der Waals surface area contributed by atoms with Gasteiger partial charge in [-0.1, -0.05) is 42.4 Å². The van der Waals surface area contributed by atoms with Crippen molar-refractivity contribution in [2.24, 2.45) is 7.05 Å². The minimum atomic E-state index is -2.23. The van der Waals surface area contributed by atoms with Crippen LogP contribution in [-0.4, -0.2) is 11.8 Å². The summed E-state index contributed by atoms with van der Waals surface area (Å²) in [5, 5.41) is 0.954. The first-order valence-corrected chi connectivity index (χ1v) is 9.29. The van der Waals surface area contributed by atoms with E-state index in [2.05, 4.69) is 28.7 Å². The molecule has 0 bridgehead atoms. The molecule has 0 fully saturated rings. The number of benzene rings is 1. The van der Waals surface area contributed by atoms with E-state index in [1.54, 1.807) is 12.4 Å². The smallest absolute Gasteiger partial charge is 0.404 e. The standard InChI is InChI=1S/C23H21BN3O/c1-16-15-26(3)21(14-20(16)17-8-5-4-6-9-17)27-23-19(11-12-24(27)2)18-10-7-13-25-22(18)28-23/h4-15H,1-3H3/q+1/i1D3. The second kappa shape index (κ2) is 6.38. The number of pyridine rings is 2. The minimum Gasteiger partial charge on any atom is -0.404 e. The number of anilines is 2. The third-order valence-electron chi connectivity index (χ3n) is 5.23. The lowest BCUT2D eigenvalue weighted by molar-refractivity contribution is -0.658. The van der Waals surface area contributed by atoms with Crippen molar-refractivity contribution in [2.75, 3.05) is 4.81 Å². The summed E-state index contributed by atoms with van der Waals surface area (Å²) in [6.07, 6.45) is 5.49. The molecule has 5 heteroatoms. The van der Waals surface area contributed by atoms with Crippen LogP contribution in [0.25, 0.3) is 28.3 Å². The number of hydrogen-bond acceptors (Lipinski definition) is 3. The van der Waals surface area contributed by atoms with Crippen LogP contribution in [0, 0.1) is 6.85 Å². The fourth-order valence-electron chi connectivity index (χ4n) is 3.83. The summed E-state index contributed by atoms with van der Waals surface area (Å²) in [6, 6.07) is 15.5. The monoisotopic (exact) mass is 369 g/mol. The molecule has 1 aliphatic heterocycles. The molecule has 0 saturated heterocycles. The van der Waals surface area contributed by atoms with Crippen LogP contribution in [0.5, 0.6) is 0 Å². The van der Waals surface area contributed by atoms with Crippen molar-refractivity contribution in [1.29, 1.82) is 0 Å². The highest BCUT2D eigenvalue weighted by molar-refractivity contribution is 6.69. The highest BCUT2D eigenvalue weighted by Crippen LogP contribution is 2.40. The van der Waals surface area contributed by atoms with Crippen LogP contribution in [0.3, 0.4) is 0 Å². The van der Waals surface area contributed by atoms with Crippen molar-refractivity contribution in [1.82, 2.24) is 4.98 Å². The van der Waals surface area contributed by atoms with Gasteiger partial charge < -0.3 is 4.42 Å². The summed E-state index contributed by atoms with van der Waals surface area (Å²) in [5.74, 6) is 3.66. The van der Waals surface area contributed by atoms with Crippen molar-refractivity contribution in [3.05, 3.63) is 78.0 Å². The number of rotatable bonds is 2. The van der Waals surface area contributed by atoms with Gasteiger partial charge in [0.15, 0.2) is 0 Å². The van der Waals surface area contributed by atoms with E-state index in [9.17, 15) is 0 Å². The van der Waals surface area contributed by atoms with Crippen LogP contribution in [0.1, 0.15) is 15.2 Å². The quantitative estimate of drug-likeness (QED) is 0.370. The third kappa shape index (κ3) is 2.54. The highest BCUT2D eigenvalue weighted by atomic mass is 16.4. The SMILES string of the molecule is [2H]C([2H])([2H])c1c[n+](C)c(N2B(C)C=Cc3c2oc2ncccc32)cc1-c1ccccc1. The molecule has 0 radical (unpaired) electrons. The number of fused-ring (bicyclic) bond motifs is 3. The van der Waals surface area contributed by atoms with Gasteiger partial charge in [-0.15, -0.1) is 0 Å². The van der Waals surface area contributed by atoms with Gasteiger partial charge in [0, 0.05) is 16.4 Å². The first kappa shape index (κ1) is 13.8. The van der Waals surface area contributed by atoms with Crippen LogP contribution in [0.15, 0.2) is 71.3 Å². The first-order chi connectivity index (χ1) is 14.8. The molecule has 4 nitrogen and oxygen atoms in total. The molecule has 0 spiro atoms. The van der Waals surface area contributed by atoms with Crippen molar-refractivity contribution >= 4 is 35.7 Å². The fraction of sp³-hybridized carbons (Fsp3) is 0.130. The van der Waals surface area contributed by atoms with E-state index >= 15 is 0 Å². The molecular formula is C23H21BN3O+. The molecule has 1 aromatic carbocycles. The molecular weight excluding hydrogens is 345 g/mol. The summed E-state index contributed by atoms with van der Waals surface area (Å²) in [7, 11) is 1.87. The first-order valence-electron chi connectivity index (χ1n) is 10.8. The van der Waals surface area contributed by atoms with Gasteiger partial charge in [-0.25, -0.2) is 9.55 Å². The van der Waals surface area contributed by atoms with E-state index in [1.807, 2.05) is 60.1 Å². The van der Waals surface area contributed by atoms with Crippen molar-refractivity contribution < 1.29 is 13.1 Å². The average molecular weight is 369 g/mol. The Bertz CT molecular complexity index is 1320. The lowest BCUT2D eigenvalue weighted by Gasteiger charge is -2.23. The molecule has 0 aliphatic carbocycles. The Kier molecular flexibility index (Phi) is 3.14. The Morgan fingerprint density at radius 3 is 2.86 bits per heavy atom. The van der Waals surface area contributed by atoms with Gasteiger partial charge >= 0.3 is 6.85 Å². The molecule has 4 heterocycles. The molecule has 0 unspecified atom stereocenters. The summed E-state index contributed by atoms with van der Waals surface area (Å²) >= 11 is 0. The van der Waals surface area contributed by atoms with E-state index in [4.69, 9.17) is 8.53 Å². The highest BCUT2D eigenvalue weighted by Gasteiger charge is 2.37. The van der Waals surface area contributed by atoms with Crippen molar-refractivity contribution in [2.45, 2.75) is 13.7 Å².